The average molecular weight is 700 g/mol. The molecule has 0 heterocycles. The average Bonchev–Trinajstić information content (AvgIpc) is 2.10. The van der Waals surface area contributed by atoms with Gasteiger partial charge in [-0.1, -0.05) is 0 Å². The molecule has 0 radical (unpaired) electrons. The predicted molar refractivity (Wildman–Crippen MR) is 72.8 cm³/mol. The number of rotatable bonds is 3. The van der Waals surface area contributed by atoms with Gasteiger partial charge in [-0.3, -0.25) is 0 Å². The Labute approximate surface area is 154 Å². The number of hydrogen-bond acceptors (Lipinski definition) is 0. The van der Waals surface area contributed by atoms with E-state index in [-0.39, 0.29) is 67.8 Å². The lowest BCUT2D eigenvalue weighted by atomic mass is 10.2. The fourth-order valence-electron chi connectivity index (χ4n) is 0.356. The summed E-state index contributed by atoms with van der Waals surface area (Å²) in [5.41, 5.74) is 0. The Hall–Kier alpha value is 1.28. The molecular formula is C6F13I3. The quantitative estimate of drug-likeness (QED) is 0.171. The van der Waals surface area contributed by atoms with Crippen LogP contribution in [-0.4, -0.2) is 29.8 Å². The lowest BCUT2D eigenvalue weighted by molar-refractivity contribution is -0.312. The smallest absolute Gasteiger partial charge is 0.191 e. The zero-order chi connectivity index (χ0) is 19.0. The van der Waals surface area contributed by atoms with Crippen molar-refractivity contribution < 1.29 is 57.1 Å². The largest absolute Gasteiger partial charge is 0.463 e. The lowest BCUT2D eigenvalue weighted by Gasteiger charge is -2.31. The van der Waals surface area contributed by atoms with Crippen LogP contribution in [0.2, 0.25) is 0 Å². The van der Waals surface area contributed by atoms with E-state index in [1.807, 2.05) is 0 Å². The van der Waals surface area contributed by atoms with Crippen LogP contribution < -0.4 is 0 Å². The number of halogens is 16. The van der Waals surface area contributed by atoms with Crippen molar-refractivity contribution in [3.8, 4) is 0 Å². The van der Waals surface area contributed by atoms with Crippen molar-refractivity contribution in [1.82, 2.24) is 0 Å². The maximum atomic E-state index is 12.2. The summed E-state index contributed by atoms with van der Waals surface area (Å²) in [6.45, 7) is 0. The summed E-state index contributed by atoms with van der Waals surface area (Å²) >= 11 is -0.606. The van der Waals surface area contributed by atoms with Crippen molar-refractivity contribution in [2.45, 2.75) is 29.8 Å². The monoisotopic (exact) mass is 700 g/mol. The van der Waals surface area contributed by atoms with Gasteiger partial charge in [0.15, 0.2) is 0 Å². The molecule has 0 amide bonds. The minimum Gasteiger partial charge on any atom is -0.191 e. The SMILES string of the molecule is FC(F)(F)C(F)(F)I.FC(F)(I)C(F)(F)C(F)(F)C(F)(F)I. The molecule has 0 aromatic carbocycles. The molecule has 0 aliphatic heterocycles. The Morgan fingerprint density at radius 2 is 0.500 bits per heavy atom. The second-order valence-corrected chi connectivity index (χ2v) is 7.20. The van der Waals surface area contributed by atoms with Crippen molar-refractivity contribution in [3.63, 3.8) is 0 Å². The molecule has 0 unspecified atom stereocenters. The number of hydrogen-bond donors (Lipinski definition) is 0. The van der Waals surface area contributed by atoms with Crippen molar-refractivity contribution >= 4 is 67.8 Å². The highest BCUT2D eigenvalue weighted by Gasteiger charge is 2.79. The van der Waals surface area contributed by atoms with Gasteiger partial charge < -0.3 is 0 Å². The Kier molecular flexibility index (Phi) is 8.42. The van der Waals surface area contributed by atoms with Gasteiger partial charge in [0.2, 0.25) is 0 Å². The van der Waals surface area contributed by atoms with Crippen molar-refractivity contribution in [2.75, 3.05) is 0 Å². The van der Waals surface area contributed by atoms with Crippen molar-refractivity contribution in [3.05, 3.63) is 0 Å². The van der Waals surface area contributed by atoms with Crippen LogP contribution in [0.1, 0.15) is 0 Å². The molecule has 16 heteroatoms. The van der Waals surface area contributed by atoms with E-state index in [2.05, 4.69) is 0 Å². The van der Waals surface area contributed by atoms with Gasteiger partial charge >= 0.3 is 29.8 Å². The molecule has 0 bridgehead atoms. The zero-order valence-corrected chi connectivity index (χ0v) is 15.5. The molecule has 0 fully saturated rings. The first-order valence-corrected chi connectivity index (χ1v) is 7.26. The van der Waals surface area contributed by atoms with E-state index in [4.69, 9.17) is 0 Å². The molecule has 0 aliphatic carbocycles. The summed E-state index contributed by atoms with van der Waals surface area (Å²) in [4.78, 5) is 0. The molecule has 0 N–H and O–H groups in total. The molecule has 0 saturated heterocycles. The number of alkyl halides is 16. The molecule has 0 rings (SSSR count). The predicted octanol–water partition coefficient (Wildman–Crippen LogP) is 6.89. The second kappa shape index (κ2) is 7.26. The van der Waals surface area contributed by atoms with E-state index < -0.39 is 29.8 Å². The third-order valence-electron chi connectivity index (χ3n) is 1.43. The van der Waals surface area contributed by atoms with Gasteiger partial charge in [0.05, 0.1) is 0 Å². The van der Waals surface area contributed by atoms with Crippen molar-refractivity contribution in [2.24, 2.45) is 0 Å². The summed E-state index contributed by atoms with van der Waals surface area (Å²) in [5, 5.41) is 0. The highest BCUT2D eigenvalue weighted by molar-refractivity contribution is 14.1. The maximum absolute atomic E-state index is 12.2. The molecule has 136 valence electrons. The first-order chi connectivity index (χ1) is 9.00. The van der Waals surface area contributed by atoms with Gasteiger partial charge in [0.25, 0.3) is 0 Å². The fraction of sp³-hybridized carbons (Fsp3) is 1.00. The maximum Gasteiger partial charge on any atom is 0.463 e. The van der Waals surface area contributed by atoms with Gasteiger partial charge in [-0.2, -0.15) is 57.1 Å². The van der Waals surface area contributed by atoms with E-state index in [0.29, 0.717) is 0 Å². The van der Waals surface area contributed by atoms with Gasteiger partial charge in [-0.15, -0.1) is 0 Å². The molecule has 0 aliphatic rings. The molecule has 0 saturated carbocycles. The van der Waals surface area contributed by atoms with Crippen LogP contribution in [0.5, 0.6) is 0 Å². The molecule has 0 aromatic rings. The van der Waals surface area contributed by atoms with Crippen LogP contribution in [0.15, 0.2) is 0 Å². The van der Waals surface area contributed by atoms with E-state index >= 15 is 0 Å². The Balaban J connectivity index is 0. The van der Waals surface area contributed by atoms with Gasteiger partial charge in [-0.05, 0) is 0 Å². The summed E-state index contributed by atoms with van der Waals surface area (Å²) in [6, 6.07) is 0. The summed E-state index contributed by atoms with van der Waals surface area (Å²) in [5.74, 6) is -12.2. The molecule has 22 heavy (non-hydrogen) atoms. The van der Waals surface area contributed by atoms with E-state index in [1.54, 1.807) is 0 Å². The molecule has 0 atom stereocenters. The minimum absolute atomic E-state index is 0.0250. The minimum atomic E-state index is -6.12. The second-order valence-electron chi connectivity index (χ2n) is 3.14. The van der Waals surface area contributed by atoms with E-state index in [9.17, 15) is 57.1 Å². The van der Waals surface area contributed by atoms with Gasteiger partial charge in [-0.25, -0.2) is 0 Å². The normalized spacial score (nSPS) is 15.3. The fourth-order valence-corrected chi connectivity index (χ4v) is 1.03. The van der Waals surface area contributed by atoms with Gasteiger partial charge in [0, 0.05) is 67.8 Å². The van der Waals surface area contributed by atoms with E-state index in [0.717, 1.165) is 0 Å². The highest BCUT2D eigenvalue weighted by Crippen LogP contribution is 2.56. The third kappa shape index (κ3) is 6.30. The zero-order valence-electron chi connectivity index (χ0n) is 9.05. The van der Waals surface area contributed by atoms with Gasteiger partial charge in [0.1, 0.15) is 0 Å². The molecule has 0 aromatic heterocycles. The Morgan fingerprint density at radius 1 is 0.364 bits per heavy atom. The summed E-state index contributed by atoms with van der Waals surface area (Å²) < 4.78 is 136. The molecule has 0 nitrogen and oxygen atoms in total. The summed E-state index contributed by atoms with van der Waals surface area (Å²) in [7, 11) is 0. The van der Waals surface area contributed by atoms with Crippen molar-refractivity contribution in [1.29, 1.82) is 0 Å². The van der Waals surface area contributed by atoms with Crippen LogP contribution in [0.4, 0.5) is 57.1 Å². The Morgan fingerprint density at radius 3 is 0.545 bits per heavy atom. The van der Waals surface area contributed by atoms with Crippen LogP contribution >= 0.6 is 67.8 Å². The molecular weight excluding hydrogens is 700 g/mol. The third-order valence-corrected chi connectivity index (χ3v) is 3.39. The highest BCUT2D eigenvalue weighted by atomic mass is 127. The standard InChI is InChI=1S/C4F8I2.C2F5I/c5-1(6,3(9,10)13)2(7,8)4(11,12)14;3-1(4,5)2(6,7)8. The molecule has 0 spiro atoms. The van der Waals surface area contributed by atoms with Crippen LogP contribution in [0.25, 0.3) is 0 Å². The summed E-state index contributed by atoms with van der Waals surface area (Å²) in [6.07, 6.45) is -5.41. The Bertz CT molecular complexity index is 320. The van der Waals surface area contributed by atoms with Crippen LogP contribution in [-0.2, 0) is 0 Å². The first-order valence-electron chi connectivity index (χ1n) is 4.02. The van der Waals surface area contributed by atoms with Crippen LogP contribution in [0, 0.1) is 0 Å². The first kappa shape index (κ1) is 25.5. The van der Waals surface area contributed by atoms with Crippen LogP contribution in [0.3, 0.4) is 0 Å². The topological polar surface area (TPSA) is 0 Å². The van der Waals surface area contributed by atoms with E-state index in [1.165, 1.54) is 0 Å². The lowest BCUT2D eigenvalue weighted by Crippen LogP contribution is -2.58.